The van der Waals surface area contributed by atoms with E-state index in [0.29, 0.717) is 17.9 Å². The number of hydrogen-bond donors (Lipinski definition) is 1. The van der Waals surface area contributed by atoms with Crippen molar-refractivity contribution >= 4 is 10.8 Å². The average molecular weight is 280 g/mol. The smallest absolute Gasteiger partial charge is 0.136 e. The van der Waals surface area contributed by atoms with Gasteiger partial charge in [0.2, 0.25) is 0 Å². The number of nitriles is 1. The first-order valence-corrected chi connectivity index (χ1v) is 7.80. The van der Waals surface area contributed by atoms with E-state index in [4.69, 9.17) is 10.00 Å². The Morgan fingerprint density at radius 2 is 2.26 bits per heavy atom. The summed E-state index contributed by atoms with van der Waals surface area (Å²) in [5, 5.41) is 12.4. The van der Waals surface area contributed by atoms with E-state index >= 15 is 0 Å². The lowest BCUT2D eigenvalue weighted by atomic mass is 10.1. The lowest BCUT2D eigenvalue weighted by Gasteiger charge is -2.10. The van der Waals surface area contributed by atoms with Crippen LogP contribution in [0.15, 0.2) is 18.2 Å². The first-order chi connectivity index (χ1) is 9.08. The van der Waals surface area contributed by atoms with Gasteiger partial charge in [-0.3, -0.25) is 4.21 Å². The van der Waals surface area contributed by atoms with Crippen LogP contribution in [0.3, 0.4) is 0 Å². The van der Waals surface area contributed by atoms with Gasteiger partial charge in [-0.05, 0) is 30.7 Å². The minimum atomic E-state index is -0.764. The Kier molecular flexibility index (Phi) is 6.54. The fourth-order valence-corrected chi connectivity index (χ4v) is 2.09. The van der Waals surface area contributed by atoms with Crippen LogP contribution in [0.25, 0.3) is 0 Å². The van der Waals surface area contributed by atoms with E-state index in [1.807, 2.05) is 19.1 Å². The summed E-state index contributed by atoms with van der Waals surface area (Å²) < 4.78 is 16.4. The maximum Gasteiger partial charge on any atom is 0.136 e. The molecule has 0 fully saturated rings. The Balaban J connectivity index is 2.46. The van der Waals surface area contributed by atoms with Gasteiger partial charge in [-0.15, -0.1) is 0 Å². The molecule has 1 N–H and O–H groups in total. The molecule has 0 heterocycles. The molecule has 0 saturated heterocycles. The summed E-state index contributed by atoms with van der Waals surface area (Å²) in [7, 11) is 0.797. The van der Waals surface area contributed by atoms with E-state index in [1.54, 1.807) is 19.4 Å². The van der Waals surface area contributed by atoms with E-state index in [1.165, 1.54) is 0 Å². The van der Waals surface area contributed by atoms with Crippen molar-refractivity contribution in [1.29, 1.82) is 5.26 Å². The third-order valence-corrected chi connectivity index (χ3v) is 4.38. The number of ether oxygens (including phenoxy) is 1. The summed E-state index contributed by atoms with van der Waals surface area (Å²) in [4.78, 5) is 0. The van der Waals surface area contributed by atoms with Crippen molar-refractivity contribution in [3.8, 4) is 11.8 Å². The highest BCUT2D eigenvalue weighted by Gasteiger charge is 2.06. The lowest BCUT2D eigenvalue weighted by molar-refractivity contribution is 0.412. The van der Waals surface area contributed by atoms with Crippen molar-refractivity contribution in [2.45, 2.75) is 25.1 Å². The molecule has 0 aliphatic carbocycles. The van der Waals surface area contributed by atoms with Crippen molar-refractivity contribution in [1.82, 2.24) is 5.32 Å². The van der Waals surface area contributed by atoms with E-state index in [-0.39, 0.29) is 5.25 Å². The molecule has 2 atom stereocenters. The van der Waals surface area contributed by atoms with Gasteiger partial charge in [0.1, 0.15) is 11.8 Å². The lowest BCUT2D eigenvalue weighted by Crippen LogP contribution is -2.20. The Bertz CT molecular complexity index is 483. The standard InChI is InChI=1S/C14H20N2O2S/c1-11(19(3)17)6-7-16-10-12-4-5-13(9-15)14(8-12)18-2/h4-5,8,11,16H,6-7,10H2,1-3H3. The Morgan fingerprint density at radius 1 is 1.53 bits per heavy atom. The van der Waals surface area contributed by atoms with Gasteiger partial charge in [-0.1, -0.05) is 13.0 Å². The number of hydrogen-bond acceptors (Lipinski definition) is 4. The van der Waals surface area contributed by atoms with Crippen LogP contribution in [0.2, 0.25) is 0 Å². The van der Waals surface area contributed by atoms with E-state index in [9.17, 15) is 4.21 Å². The summed E-state index contributed by atoms with van der Waals surface area (Å²) >= 11 is 0. The molecule has 0 amide bonds. The molecular weight excluding hydrogens is 260 g/mol. The van der Waals surface area contributed by atoms with Crippen molar-refractivity contribution in [2.24, 2.45) is 0 Å². The molecule has 19 heavy (non-hydrogen) atoms. The summed E-state index contributed by atoms with van der Waals surface area (Å²) in [5.74, 6) is 0.602. The molecule has 0 radical (unpaired) electrons. The minimum Gasteiger partial charge on any atom is -0.495 e. The predicted octanol–water partition coefficient (Wildman–Crippen LogP) is 1.81. The number of nitrogens with zero attached hydrogens (tertiary/aromatic N) is 1. The maximum atomic E-state index is 11.2. The number of nitrogens with one attached hydrogen (secondary N) is 1. The van der Waals surface area contributed by atoms with Crippen LogP contribution in [0.4, 0.5) is 0 Å². The van der Waals surface area contributed by atoms with Gasteiger partial charge in [0.25, 0.3) is 0 Å². The molecule has 1 aromatic rings. The zero-order chi connectivity index (χ0) is 14.3. The third kappa shape index (κ3) is 5.01. The molecule has 104 valence electrons. The highest BCUT2D eigenvalue weighted by molar-refractivity contribution is 7.84. The topological polar surface area (TPSA) is 62.1 Å². The van der Waals surface area contributed by atoms with Gasteiger partial charge in [0.15, 0.2) is 0 Å². The highest BCUT2D eigenvalue weighted by atomic mass is 32.2. The first-order valence-electron chi connectivity index (χ1n) is 6.18. The van der Waals surface area contributed by atoms with Crippen LogP contribution >= 0.6 is 0 Å². The van der Waals surface area contributed by atoms with Gasteiger partial charge in [0.05, 0.1) is 12.7 Å². The molecule has 2 unspecified atom stereocenters. The van der Waals surface area contributed by atoms with Gasteiger partial charge in [-0.2, -0.15) is 5.26 Å². The summed E-state index contributed by atoms with van der Waals surface area (Å²) in [5.41, 5.74) is 1.61. The predicted molar refractivity (Wildman–Crippen MR) is 77.6 cm³/mol. The summed E-state index contributed by atoms with van der Waals surface area (Å²) in [6.07, 6.45) is 2.62. The highest BCUT2D eigenvalue weighted by Crippen LogP contribution is 2.19. The number of rotatable bonds is 7. The van der Waals surface area contributed by atoms with Crippen molar-refractivity contribution in [3.63, 3.8) is 0 Å². The monoisotopic (exact) mass is 280 g/mol. The fourth-order valence-electron chi connectivity index (χ4n) is 1.64. The van der Waals surface area contributed by atoms with Gasteiger partial charge in [0, 0.05) is 28.9 Å². The Morgan fingerprint density at radius 3 is 2.84 bits per heavy atom. The van der Waals surface area contributed by atoms with E-state index in [2.05, 4.69) is 11.4 Å². The molecule has 0 aliphatic heterocycles. The first kappa shape index (κ1) is 15.7. The van der Waals surface area contributed by atoms with Gasteiger partial charge in [-0.25, -0.2) is 0 Å². The van der Waals surface area contributed by atoms with E-state index in [0.717, 1.165) is 18.5 Å². The molecule has 5 heteroatoms. The molecule has 0 aliphatic rings. The van der Waals surface area contributed by atoms with Gasteiger partial charge < -0.3 is 10.1 Å². The molecule has 0 saturated carbocycles. The summed E-state index contributed by atoms with van der Waals surface area (Å²) in [6, 6.07) is 7.63. The quantitative estimate of drug-likeness (QED) is 0.774. The van der Waals surface area contributed by atoms with Crippen molar-refractivity contribution in [3.05, 3.63) is 29.3 Å². The Hall–Kier alpha value is -1.38. The van der Waals surface area contributed by atoms with Crippen LogP contribution < -0.4 is 10.1 Å². The molecule has 0 bridgehead atoms. The van der Waals surface area contributed by atoms with Crippen LogP contribution in [0.1, 0.15) is 24.5 Å². The molecular formula is C14H20N2O2S. The average Bonchev–Trinajstić information content (AvgIpc) is 2.42. The maximum absolute atomic E-state index is 11.2. The van der Waals surface area contributed by atoms with Crippen LogP contribution in [-0.2, 0) is 17.3 Å². The zero-order valence-corrected chi connectivity index (χ0v) is 12.4. The van der Waals surface area contributed by atoms with Crippen molar-refractivity contribution in [2.75, 3.05) is 19.9 Å². The second-order valence-corrected chi connectivity index (χ2v) is 6.22. The zero-order valence-electron chi connectivity index (χ0n) is 11.6. The van der Waals surface area contributed by atoms with Crippen molar-refractivity contribution < 1.29 is 8.95 Å². The Labute approximate surface area is 117 Å². The largest absolute Gasteiger partial charge is 0.495 e. The second kappa shape index (κ2) is 7.93. The van der Waals surface area contributed by atoms with Gasteiger partial charge >= 0.3 is 0 Å². The SMILES string of the molecule is COc1cc(CNCCC(C)S(C)=O)ccc1C#N. The number of methoxy groups -OCH3 is 1. The van der Waals surface area contributed by atoms with Crippen LogP contribution in [0, 0.1) is 11.3 Å². The van der Waals surface area contributed by atoms with Crippen LogP contribution in [0.5, 0.6) is 5.75 Å². The second-order valence-electron chi connectivity index (χ2n) is 4.42. The minimum absolute atomic E-state index is 0.211. The van der Waals surface area contributed by atoms with Crippen LogP contribution in [-0.4, -0.2) is 29.4 Å². The van der Waals surface area contributed by atoms with E-state index < -0.39 is 10.8 Å². The molecule has 0 spiro atoms. The molecule has 0 aromatic heterocycles. The number of benzene rings is 1. The fraction of sp³-hybridized carbons (Fsp3) is 0.500. The molecule has 4 nitrogen and oxygen atoms in total. The normalized spacial score (nSPS) is 13.6. The molecule has 1 rings (SSSR count). The molecule has 1 aromatic carbocycles. The summed E-state index contributed by atoms with van der Waals surface area (Å²) in [6.45, 7) is 3.52. The third-order valence-electron chi connectivity index (χ3n) is 3.01.